The summed E-state index contributed by atoms with van der Waals surface area (Å²) < 4.78 is 0. The fraction of sp³-hybridized carbons (Fsp3) is 0.240. The highest BCUT2D eigenvalue weighted by Crippen LogP contribution is 2.35. The average molecular weight is 370 g/mol. The standard InChI is InChI=1S/C25H26N2O/c1-25(2,3)20-15-13-19(14-16-20)23-26-22-12-8-7-11-21(22)24(28)27(23)17-18-9-5-4-6-10-18/h4-16,23,26H,17H2,1-3H3/t23-/m1/s1. The van der Waals surface area contributed by atoms with Crippen molar-refractivity contribution >= 4 is 11.6 Å². The summed E-state index contributed by atoms with van der Waals surface area (Å²) in [4.78, 5) is 15.2. The number of carbonyl (C=O) groups is 1. The van der Waals surface area contributed by atoms with Gasteiger partial charge in [0.2, 0.25) is 0 Å². The summed E-state index contributed by atoms with van der Waals surface area (Å²) in [6, 6.07) is 26.5. The Morgan fingerprint density at radius 1 is 0.857 bits per heavy atom. The van der Waals surface area contributed by atoms with E-state index < -0.39 is 0 Å². The fourth-order valence-electron chi connectivity index (χ4n) is 3.66. The van der Waals surface area contributed by atoms with Gasteiger partial charge in [-0.15, -0.1) is 0 Å². The molecule has 3 heteroatoms. The van der Waals surface area contributed by atoms with Gasteiger partial charge in [-0.2, -0.15) is 0 Å². The Morgan fingerprint density at radius 2 is 1.50 bits per heavy atom. The summed E-state index contributed by atoms with van der Waals surface area (Å²) in [5.41, 5.74) is 5.21. The Bertz CT molecular complexity index is 971. The number of nitrogens with zero attached hydrogens (tertiary/aromatic N) is 1. The average Bonchev–Trinajstić information content (AvgIpc) is 2.70. The minimum Gasteiger partial charge on any atom is -0.361 e. The van der Waals surface area contributed by atoms with E-state index in [4.69, 9.17) is 0 Å². The lowest BCUT2D eigenvalue weighted by atomic mass is 9.86. The van der Waals surface area contributed by atoms with Gasteiger partial charge in [-0.05, 0) is 34.2 Å². The lowest BCUT2D eigenvalue weighted by molar-refractivity contribution is 0.0666. The van der Waals surface area contributed by atoms with Crippen LogP contribution in [0.15, 0.2) is 78.9 Å². The zero-order chi connectivity index (χ0) is 19.7. The molecule has 0 spiro atoms. The lowest BCUT2D eigenvalue weighted by Crippen LogP contribution is -2.42. The van der Waals surface area contributed by atoms with Gasteiger partial charge in [-0.1, -0.05) is 87.5 Å². The largest absolute Gasteiger partial charge is 0.361 e. The topological polar surface area (TPSA) is 32.3 Å². The van der Waals surface area contributed by atoms with E-state index in [-0.39, 0.29) is 17.5 Å². The van der Waals surface area contributed by atoms with Crippen LogP contribution in [0.3, 0.4) is 0 Å². The normalized spacial score (nSPS) is 16.5. The number of nitrogens with one attached hydrogen (secondary N) is 1. The molecule has 1 N–H and O–H groups in total. The molecule has 1 heterocycles. The first-order valence-corrected chi connectivity index (χ1v) is 9.74. The molecule has 142 valence electrons. The molecule has 3 aromatic carbocycles. The number of hydrogen-bond acceptors (Lipinski definition) is 2. The van der Waals surface area contributed by atoms with E-state index in [1.54, 1.807) is 0 Å². The van der Waals surface area contributed by atoms with Gasteiger partial charge in [0, 0.05) is 12.2 Å². The molecule has 1 atom stereocenters. The van der Waals surface area contributed by atoms with Gasteiger partial charge in [-0.3, -0.25) is 4.79 Å². The molecule has 4 rings (SSSR count). The minimum atomic E-state index is -0.198. The Hall–Kier alpha value is -3.07. The van der Waals surface area contributed by atoms with Crippen LogP contribution in [0.5, 0.6) is 0 Å². The second-order valence-corrected chi connectivity index (χ2v) is 8.38. The summed E-state index contributed by atoms with van der Waals surface area (Å²) in [6.45, 7) is 7.19. The van der Waals surface area contributed by atoms with E-state index in [9.17, 15) is 4.79 Å². The number of para-hydroxylation sites is 1. The van der Waals surface area contributed by atoms with Crippen LogP contribution in [0.25, 0.3) is 0 Å². The van der Waals surface area contributed by atoms with Crippen molar-refractivity contribution in [2.75, 3.05) is 5.32 Å². The highest BCUT2D eigenvalue weighted by Gasteiger charge is 2.32. The van der Waals surface area contributed by atoms with Gasteiger partial charge < -0.3 is 10.2 Å². The molecule has 1 amide bonds. The van der Waals surface area contributed by atoms with E-state index in [1.807, 2.05) is 47.4 Å². The molecule has 3 nitrogen and oxygen atoms in total. The van der Waals surface area contributed by atoms with Crippen molar-refractivity contribution < 1.29 is 4.79 Å². The second kappa shape index (κ2) is 7.16. The summed E-state index contributed by atoms with van der Waals surface area (Å²) in [5.74, 6) is 0.0584. The SMILES string of the molecule is CC(C)(C)c1ccc([C@@H]2Nc3ccccc3C(=O)N2Cc2ccccc2)cc1. The number of rotatable bonds is 3. The van der Waals surface area contributed by atoms with Crippen LogP contribution in [0, 0.1) is 0 Å². The minimum absolute atomic E-state index is 0.0584. The number of anilines is 1. The van der Waals surface area contributed by atoms with Crippen molar-refractivity contribution in [2.24, 2.45) is 0 Å². The summed E-state index contributed by atoms with van der Waals surface area (Å²) in [5, 5.41) is 3.58. The summed E-state index contributed by atoms with van der Waals surface area (Å²) in [6.07, 6.45) is -0.198. The maximum atomic E-state index is 13.3. The number of carbonyl (C=O) groups excluding carboxylic acids is 1. The third kappa shape index (κ3) is 3.53. The van der Waals surface area contributed by atoms with Crippen molar-refractivity contribution in [3.05, 3.63) is 101 Å². The van der Waals surface area contributed by atoms with Crippen molar-refractivity contribution in [3.8, 4) is 0 Å². The van der Waals surface area contributed by atoms with Gasteiger partial charge in [0.25, 0.3) is 5.91 Å². The second-order valence-electron chi connectivity index (χ2n) is 8.38. The van der Waals surface area contributed by atoms with Gasteiger partial charge in [0.05, 0.1) is 5.56 Å². The first kappa shape index (κ1) is 18.3. The Labute approximate surface area is 167 Å². The maximum absolute atomic E-state index is 13.3. The first-order chi connectivity index (χ1) is 13.4. The third-order valence-corrected chi connectivity index (χ3v) is 5.31. The molecule has 0 aromatic heterocycles. The molecule has 0 fully saturated rings. The number of amides is 1. The molecule has 0 radical (unpaired) electrons. The van der Waals surface area contributed by atoms with Crippen molar-refractivity contribution in [2.45, 2.75) is 38.9 Å². The van der Waals surface area contributed by atoms with Gasteiger partial charge >= 0.3 is 0 Å². The molecule has 0 bridgehead atoms. The molecule has 1 aliphatic heterocycles. The van der Waals surface area contributed by atoms with E-state index in [0.717, 1.165) is 22.4 Å². The monoisotopic (exact) mass is 370 g/mol. The van der Waals surface area contributed by atoms with Crippen LogP contribution in [-0.2, 0) is 12.0 Å². The first-order valence-electron chi connectivity index (χ1n) is 9.74. The molecule has 0 saturated heterocycles. The van der Waals surface area contributed by atoms with E-state index in [0.29, 0.717) is 6.54 Å². The van der Waals surface area contributed by atoms with Crippen molar-refractivity contribution in [3.63, 3.8) is 0 Å². The quantitative estimate of drug-likeness (QED) is 0.636. The van der Waals surface area contributed by atoms with E-state index in [2.05, 4.69) is 62.5 Å². The fourth-order valence-corrected chi connectivity index (χ4v) is 3.66. The molecular weight excluding hydrogens is 344 g/mol. The molecule has 3 aromatic rings. The number of hydrogen-bond donors (Lipinski definition) is 1. The molecule has 0 saturated carbocycles. The van der Waals surface area contributed by atoms with Crippen molar-refractivity contribution in [1.82, 2.24) is 4.90 Å². The lowest BCUT2D eigenvalue weighted by Gasteiger charge is -2.38. The molecule has 28 heavy (non-hydrogen) atoms. The smallest absolute Gasteiger partial charge is 0.258 e. The Balaban J connectivity index is 1.73. The maximum Gasteiger partial charge on any atom is 0.258 e. The van der Waals surface area contributed by atoms with Crippen LogP contribution in [0.1, 0.15) is 54.0 Å². The van der Waals surface area contributed by atoms with Crippen molar-refractivity contribution in [1.29, 1.82) is 0 Å². The van der Waals surface area contributed by atoms with Crippen LogP contribution in [-0.4, -0.2) is 10.8 Å². The van der Waals surface area contributed by atoms with Crippen LogP contribution >= 0.6 is 0 Å². The van der Waals surface area contributed by atoms with Crippen LogP contribution in [0.2, 0.25) is 0 Å². The van der Waals surface area contributed by atoms with E-state index >= 15 is 0 Å². The summed E-state index contributed by atoms with van der Waals surface area (Å²) >= 11 is 0. The van der Waals surface area contributed by atoms with Gasteiger partial charge in [0.1, 0.15) is 6.17 Å². The molecular formula is C25H26N2O. The van der Waals surface area contributed by atoms with Gasteiger partial charge in [-0.25, -0.2) is 0 Å². The zero-order valence-electron chi connectivity index (χ0n) is 16.6. The Kier molecular flexibility index (Phi) is 4.68. The highest BCUT2D eigenvalue weighted by atomic mass is 16.2. The molecule has 1 aliphatic rings. The number of fused-ring (bicyclic) bond motifs is 1. The van der Waals surface area contributed by atoms with Gasteiger partial charge in [0.15, 0.2) is 0 Å². The van der Waals surface area contributed by atoms with Crippen LogP contribution < -0.4 is 5.32 Å². The predicted molar refractivity (Wildman–Crippen MR) is 114 cm³/mol. The molecule has 0 aliphatic carbocycles. The molecule has 0 unspecified atom stereocenters. The predicted octanol–water partition coefficient (Wildman–Crippen LogP) is 5.75. The third-order valence-electron chi connectivity index (χ3n) is 5.31. The Morgan fingerprint density at radius 3 is 2.18 bits per heavy atom. The van der Waals surface area contributed by atoms with Crippen LogP contribution in [0.4, 0.5) is 5.69 Å². The zero-order valence-corrected chi connectivity index (χ0v) is 16.6. The highest BCUT2D eigenvalue weighted by molar-refractivity contribution is 6.01. The summed E-state index contributed by atoms with van der Waals surface area (Å²) in [7, 11) is 0. The van der Waals surface area contributed by atoms with E-state index in [1.165, 1.54) is 5.56 Å². The number of benzene rings is 3.